The van der Waals surface area contributed by atoms with Crippen LogP contribution < -0.4 is 4.90 Å². The van der Waals surface area contributed by atoms with Crippen LogP contribution in [0.25, 0.3) is 0 Å². The fourth-order valence-corrected chi connectivity index (χ4v) is 5.31. The van der Waals surface area contributed by atoms with Crippen molar-refractivity contribution in [2.24, 2.45) is 0 Å². The lowest BCUT2D eigenvalue weighted by atomic mass is 10.0. The highest BCUT2D eigenvalue weighted by Gasteiger charge is 2.23. The second-order valence-electron chi connectivity index (χ2n) is 7.05. The van der Waals surface area contributed by atoms with Crippen LogP contribution in [0.3, 0.4) is 0 Å². The Morgan fingerprint density at radius 3 is 2.80 bits per heavy atom. The third kappa shape index (κ3) is 4.74. The van der Waals surface area contributed by atoms with Gasteiger partial charge in [0, 0.05) is 29.1 Å². The summed E-state index contributed by atoms with van der Waals surface area (Å²) in [4.78, 5) is 31.6. The van der Waals surface area contributed by atoms with Gasteiger partial charge in [0.05, 0.1) is 5.56 Å². The van der Waals surface area contributed by atoms with Gasteiger partial charge >= 0.3 is 5.97 Å². The van der Waals surface area contributed by atoms with E-state index in [1.807, 2.05) is 48.7 Å². The molecular formula is C23H22N2O3S2. The van der Waals surface area contributed by atoms with Gasteiger partial charge in [-0.1, -0.05) is 48.2 Å². The average Bonchev–Trinajstić information content (AvgIpc) is 3.20. The van der Waals surface area contributed by atoms with Crippen LogP contribution in [0.15, 0.2) is 58.3 Å². The first-order chi connectivity index (χ1) is 14.6. The van der Waals surface area contributed by atoms with Crippen molar-refractivity contribution in [1.82, 2.24) is 4.98 Å². The zero-order chi connectivity index (χ0) is 20.9. The molecule has 0 saturated heterocycles. The zero-order valence-corrected chi connectivity index (χ0v) is 18.3. The molecular weight excluding hydrogens is 416 g/mol. The molecule has 2 aromatic carbocycles. The molecule has 5 nitrogen and oxygen atoms in total. The van der Waals surface area contributed by atoms with E-state index in [-0.39, 0.29) is 12.5 Å². The minimum Gasteiger partial charge on any atom is -0.452 e. The summed E-state index contributed by atoms with van der Waals surface area (Å²) in [6, 6.07) is 15.2. The van der Waals surface area contributed by atoms with Crippen LogP contribution in [0.1, 0.15) is 33.6 Å². The number of thiazole rings is 1. The number of rotatable bonds is 6. The van der Waals surface area contributed by atoms with Crippen LogP contribution >= 0.6 is 23.1 Å². The van der Waals surface area contributed by atoms with Crippen molar-refractivity contribution in [2.45, 2.75) is 29.9 Å². The first-order valence-corrected chi connectivity index (χ1v) is 11.7. The van der Waals surface area contributed by atoms with Gasteiger partial charge in [-0.2, -0.15) is 0 Å². The smallest absolute Gasteiger partial charge is 0.338 e. The summed E-state index contributed by atoms with van der Waals surface area (Å²) in [6.45, 7) is 2.35. The predicted octanol–water partition coefficient (Wildman–Crippen LogP) is 4.88. The first-order valence-electron chi connectivity index (χ1n) is 9.80. The van der Waals surface area contributed by atoms with Crippen molar-refractivity contribution in [3.8, 4) is 0 Å². The molecule has 4 rings (SSSR count). The van der Waals surface area contributed by atoms with E-state index in [4.69, 9.17) is 4.74 Å². The summed E-state index contributed by atoms with van der Waals surface area (Å²) < 4.78 is 6.37. The van der Waals surface area contributed by atoms with E-state index in [2.05, 4.69) is 4.98 Å². The van der Waals surface area contributed by atoms with Gasteiger partial charge in [-0.3, -0.25) is 4.79 Å². The Hall–Kier alpha value is -2.64. The molecule has 1 aliphatic rings. The lowest BCUT2D eigenvalue weighted by Crippen LogP contribution is -2.38. The number of fused-ring (bicyclic) bond motifs is 1. The highest BCUT2D eigenvalue weighted by Crippen LogP contribution is 2.28. The third-order valence-electron chi connectivity index (χ3n) is 4.92. The van der Waals surface area contributed by atoms with E-state index in [9.17, 15) is 9.59 Å². The third-order valence-corrected chi connectivity index (χ3v) is 7.11. The number of aromatic nitrogens is 1. The summed E-state index contributed by atoms with van der Waals surface area (Å²) >= 11 is 3.18. The number of amides is 1. The van der Waals surface area contributed by atoms with Crippen LogP contribution in [0.2, 0.25) is 0 Å². The van der Waals surface area contributed by atoms with Gasteiger partial charge in [0.15, 0.2) is 6.61 Å². The molecule has 1 aliphatic heterocycles. The average molecular weight is 439 g/mol. The Morgan fingerprint density at radius 1 is 1.17 bits per heavy atom. The van der Waals surface area contributed by atoms with E-state index >= 15 is 0 Å². The highest BCUT2D eigenvalue weighted by atomic mass is 32.2. The molecule has 3 aromatic rings. The number of carbonyl (C=O) groups is 2. The number of hydrogen-bond donors (Lipinski definition) is 0. The van der Waals surface area contributed by atoms with Crippen LogP contribution in [0.4, 0.5) is 5.69 Å². The maximum Gasteiger partial charge on any atom is 0.338 e. The molecule has 30 heavy (non-hydrogen) atoms. The number of carbonyl (C=O) groups excluding carboxylic acids is 2. The summed E-state index contributed by atoms with van der Waals surface area (Å²) in [5.41, 5.74) is 4.43. The molecule has 0 spiro atoms. The van der Waals surface area contributed by atoms with E-state index < -0.39 is 5.97 Å². The summed E-state index contributed by atoms with van der Waals surface area (Å²) in [5.74, 6) is -0.0492. The molecule has 0 saturated carbocycles. The number of aryl methyl sites for hydroxylation is 2. The fraction of sp³-hybridized carbons (Fsp3) is 0.261. The van der Waals surface area contributed by atoms with E-state index in [1.165, 1.54) is 0 Å². The molecule has 0 radical (unpaired) electrons. The van der Waals surface area contributed by atoms with Crippen LogP contribution in [0.5, 0.6) is 0 Å². The van der Waals surface area contributed by atoms with Gasteiger partial charge in [-0.25, -0.2) is 9.78 Å². The number of benzene rings is 2. The number of thioether (sulfide) groups is 1. The van der Waals surface area contributed by atoms with Gasteiger partial charge in [-0.05, 0) is 43.0 Å². The lowest BCUT2D eigenvalue weighted by Gasteiger charge is -2.29. The van der Waals surface area contributed by atoms with Gasteiger partial charge in [0.1, 0.15) is 4.34 Å². The Labute approximate surface area is 184 Å². The Kier molecular flexibility index (Phi) is 6.50. The number of para-hydroxylation sites is 1. The number of anilines is 1. The van der Waals surface area contributed by atoms with Gasteiger partial charge in [-0.15, -0.1) is 11.3 Å². The van der Waals surface area contributed by atoms with Gasteiger partial charge < -0.3 is 9.64 Å². The lowest BCUT2D eigenvalue weighted by molar-refractivity contribution is -0.121. The van der Waals surface area contributed by atoms with Crippen molar-refractivity contribution >= 4 is 40.7 Å². The van der Waals surface area contributed by atoms with Crippen molar-refractivity contribution in [1.29, 1.82) is 0 Å². The number of esters is 1. The first kappa shape index (κ1) is 20.6. The molecule has 0 atom stereocenters. The second kappa shape index (κ2) is 9.45. The standard InChI is InChI=1S/C23H22N2O3S2/c1-16-14-29-23(24-16)30-15-18-8-2-4-10-19(18)22(27)28-13-21(26)25-12-6-9-17-7-3-5-11-20(17)25/h2-5,7-8,10-11,14H,6,9,12-13,15H2,1H3. The Bertz CT molecular complexity index is 1060. The second-order valence-corrected chi connectivity index (χ2v) is 9.13. The molecule has 1 aromatic heterocycles. The maximum absolute atomic E-state index is 12.7. The molecule has 1 amide bonds. The molecule has 0 unspecified atom stereocenters. The largest absolute Gasteiger partial charge is 0.452 e. The summed E-state index contributed by atoms with van der Waals surface area (Å²) in [6.07, 6.45) is 1.87. The van der Waals surface area contributed by atoms with Crippen molar-refractivity contribution in [2.75, 3.05) is 18.1 Å². The molecule has 0 bridgehead atoms. The monoisotopic (exact) mass is 438 g/mol. The topological polar surface area (TPSA) is 59.5 Å². The van der Waals surface area contributed by atoms with Crippen molar-refractivity contribution in [3.63, 3.8) is 0 Å². The number of ether oxygens (including phenoxy) is 1. The van der Waals surface area contributed by atoms with Gasteiger partial charge in [0.25, 0.3) is 5.91 Å². The minimum atomic E-state index is -0.472. The predicted molar refractivity (Wildman–Crippen MR) is 120 cm³/mol. The molecule has 2 heterocycles. The molecule has 0 aliphatic carbocycles. The van der Waals surface area contributed by atoms with E-state index in [0.29, 0.717) is 17.9 Å². The zero-order valence-electron chi connectivity index (χ0n) is 16.7. The minimum absolute atomic E-state index is 0.194. The van der Waals surface area contributed by atoms with Gasteiger partial charge in [0.2, 0.25) is 0 Å². The molecule has 0 fully saturated rings. The van der Waals surface area contributed by atoms with Crippen LogP contribution in [-0.2, 0) is 21.7 Å². The van der Waals surface area contributed by atoms with E-state index in [1.54, 1.807) is 40.1 Å². The van der Waals surface area contributed by atoms with Crippen molar-refractivity contribution < 1.29 is 14.3 Å². The summed E-state index contributed by atoms with van der Waals surface area (Å²) in [7, 11) is 0. The SMILES string of the molecule is Cc1csc(SCc2ccccc2C(=O)OCC(=O)N2CCCc3ccccc32)n1. The molecule has 0 N–H and O–H groups in total. The quantitative estimate of drug-likeness (QED) is 0.405. The van der Waals surface area contributed by atoms with Crippen molar-refractivity contribution in [3.05, 3.63) is 76.3 Å². The van der Waals surface area contributed by atoms with E-state index in [0.717, 1.165) is 39.7 Å². The normalized spacial score (nSPS) is 13.0. The number of hydrogen-bond acceptors (Lipinski definition) is 6. The maximum atomic E-state index is 12.7. The Morgan fingerprint density at radius 2 is 1.97 bits per heavy atom. The summed E-state index contributed by atoms with van der Waals surface area (Å²) in [5, 5.41) is 2.01. The highest BCUT2D eigenvalue weighted by molar-refractivity contribution is 8.00. The van der Waals surface area contributed by atoms with Crippen LogP contribution in [-0.4, -0.2) is 30.0 Å². The molecule has 154 valence electrons. The Balaban J connectivity index is 1.39. The fourth-order valence-electron chi connectivity index (χ4n) is 3.46. The van der Waals surface area contributed by atoms with Crippen LogP contribution in [0, 0.1) is 6.92 Å². The molecule has 7 heteroatoms. The number of nitrogens with zero attached hydrogens (tertiary/aromatic N) is 2.